The average Bonchev–Trinajstić information content (AvgIpc) is 2.76. The molecule has 17 heavy (non-hydrogen) atoms. The van der Waals surface area contributed by atoms with Gasteiger partial charge in [0.15, 0.2) is 0 Å². The lowest BCUT2D eigenvalue weighted by atomic mass is 10.1. The van der Waals surface area contributed by atoms with Gasteiger partial charge in [-0.3, -0.25) is 4.79 Å². The number of nitrogens with zero attached hydrogens (tertiary/aromatic N) is 1. The Bertz CT molecular complexity index is 293. The van der Waals surface area contributed by atoms with Crippen LogP contribution in [0.4, 0.5) is 0 Å². The third-order valence-corrected chi connectivity index (χ3v) is 4.36. The number of ether oxygens (including phenoxy) is 1. The van der Waals surface area contributed by atoms with Gasteiger partial charge in [-0.2, -0.15) is 0 Å². The molecule has 0 aromatic rings. The number of amides is 1. The van der Waals surface area contributed by atoms with Crippen molar-refractivity contribution in [2.75, 3.05) is 13.2 Å². The zero-order valence-corrected chi connectivity index (χ0v) is 12.2. The van der Waals surface area contributed by atoms with Crippen molar-refractivity contribution in [3.05, 3.63) is 0 Å². The Kier molecular flexibility index (Phi) is 5.43. The quantitative estimate of drug-likeness (QED) is 0.589. The van der Waals surface area contributed by atoms with E-state index in [0.29, 0.717) is 19.6 Å². The molecule has 0 N–H and O–H groups in total. The summed E-state index contributed by atoms with van der Waals surface area (Å²) in [5.41, 5.74) is 0. The fraction of sp³-hybridized carbons (Fsp3) is 0.833. The summed E-state index contributed by atoms with van der Waals surface area (Å²) < 4.78 is 5.00. The van der Waals surface area contributed by atoms with Crippen LogP contribution in [0.1, 0.15) is 33.6 Å². The van der Waals surface area contributed by atoms with Crippen LogP contribution in [0, 0.1) is 5.92 Å². The average molecular weight is 306 g/mol. The standard InChI is InChI=1S/C12H20BrNO3/c1-4-17-12(16)9-6-5-7-14(9)11(15)10(13)8(2)3/h8-10H,4-7H2,1-3H3. The topological polar surface area (TPSA) is 46.6 Å². The summed E-state index contributed by atoms with van der Waals surface area (Å²) in [6.07, 6.45) is 1.58. The van der Waals surface area contributed by atoms with Gasteiger partial charge < -0.3 is 9.64 Å². The molecule has 1 rings (SSSR count). The SMILES string of the molecule is CCOC(=O)C1CCCN1C(=O)C(Br)C(C)C. The molecule has 0 aliphatic carbocycles. The van der Waals surface area contributed by atoms with E-state index in [1.807, 2.05) is 13.8 Å². The van der Waals surface area contributed by atoms with Crippen molar-refractivity contribution in [2.45, 2.75) is 44.5 Å². The molecule has 98 valence electrons. The molecule has 1 aliphatic rings. The minimum atomic E-state index is -0.388. The second-order valence-electron chi connectivity index (χ2n) is 4.59. The third kappa shape index (κ3) is 3.44. The molecule has 1 aliphatic heterocycles. The molecule has 0 aromatic heterocycles. The zero-order valence-electron chi connectivity index (χ0n) is 10.6. The van der Waals surface area contributed by atoms with Gasteiger partial charge >= 0.3 is 5.97 Å². The molecular formula is C12H20BrNO3. The summed E-state index contributed by atoms with van der Waals surface area (Å²) in [6.45, 7) is 6.75. The Morgan fingerprint density at radius 3 is 2.65 bits per heavy atom. The molecule has 0 bridgehead atoms. The fourth-order valence-corrected chi connectivity index (χ4v) is 2.22. The Balaban J connectivity index is 2.69. The molecule has 0 spiro atoms. The molecule has 0 aromatic carbocycles. The van der Waals surface area contributed by atoms with E-state index in [9.17, 15) is 9.59 Å². The molecule has 1 fully saturated rings. The lowest BCUT2D eigenvalue weighted by molar-refractivity contribution is -0.153. The highest BCUT2D eigenvalue weighted by molar-refractivity contribution is 9.10. The Morgan fingerprint density at radius 2 is 2.12 bits per heavy atom. The predicted molar refractivity (Wildman–Crippen MR) is 68.9 cm³/mol. The van der Waals surface area contributed by atoms with Crippen LogP contribution in [0.25, 0.3) is 0 Å². The number of rotatable bonds is 4. The first-order valence-corrected chi connectivity index (χ1v) is 7.01. The minimum Gasteiger partial charge on any atom is -0.464 e. The van der Waals surface area contributed by atoms with Gasteiger partial charge in [-0.15, -0.1) is 0 Å². The number of hydrogen-bond donors (Lipinski definition) is 0. The summed E-state index contributed by atoms with van der Waals surface area (Å²) in [5, 5.41) is 0. The highest BCUT2D eigenvalue weighted by Crippen LogP contribution is 2.24. The number of carbonyl (C=O) groups excluding carboxylic acids is 2. The van der Waals surface area contributed by atoms with Gasteiger partial charge in [-0.25, -0.2) is 4.79 Å². The van der Waals surface area contributed by atoms with Gasteiger partial charge in [0.1, 0.15) is 6.04 Å². The molecular weight excluding hydrogens is 286 g/mol. The maximum absolute atomic E-state index is 12.2. The van der Waals surface area contributed by atoms with Crippen LogP contribution in [0.2, 0.25) is 0 Å². The third-order valence-electron chi connectivity index (χ3n) is 2.92. The van der Waals surface area contributed by atoms with E-state index in [-0.39, 0.29) is 28.7 Å². The van der Waals surface area contributed by atoms with E-state index in [1.165, 1.54) is 0 Å². The molecule has 1 heterocycles. The van der Waals surface area contributed by atoms with Crippen molar-refractivity contribution in [3.63, 3.8) is 0 Å². The van der Waals surface area contributed by atoms with Crippen molar-refractivity contribution in [1.82, 2.24) is 4.90 Å². The van der Waals surface area contributed by atoms with Crippen molar-refractivity contribution < 1.29 is 14.3 Å². The lowest BCUT2D eigenvalue weighted by Gasteiger charge is -2.26. The van der Waals surface area contributed by atoms with E-state index < -0.39 is 0 Å². The molecule has 2 unspecified atom stereocenters. The number of hydrogen-bond acceptors (Lipinski definition) is 3. The number of likely N-dealkylation sites (tertiary alicyclic amines) is 1. The Labute approximate surface area is 111 Å². The van der Waals surface area contributed by atoms with Gasteiger partial charge in [0, 0.05) is 6.54 Å². The van der Waals surface area contributed by atoms with Crippen LogP contribution in [0.3, 0.4) is 0 Å². The Hall–Kier alpha value is -0.580. The normalized spacial score (nSPS) is 21.7. The largest absolute Gasteiger partial charge is 0.464 e. The van der Waals surface area contributed by atoms with Gasteiger partial charge in [0.2, 0.25) is 5.91 Å². The van der Waals surface area contributed by atoms with Crippen LogP contribution in [-0.2, 0) is 14.3 Å². The monoisotopic (exact) mass is 305 g/mol. The maximum atomic E-state index is 12.2. The minimum absolute atomic E-state index is 0.00412. The Morgan fingerprint density at radius 1 is 1.47 bits per heavy atom. The molecule has 1 amide bonds. The molecule has 4 nitrogen and oxygen atoms in total. The van der Waals surface area contributed by atoms with Crippen molar-refractivity contribution in [2.24, 2.45) is 5.92 Å². The van der Waals surface area contributed by atoms with Crippen molar-refractivity contribution in [1.29, 1.82) is 0 Å². The summed E-state index contributed by atoms with van der Waals surface area (Å²) in [6, 6.07) is -0.388. The molecule has 1 saturated heterocycles. The first-order chi connectivity index (χ1) is 7.99. The smallest absolute Gasteiger partial charge is 0.328 e. The van der Waals surface area contributed by atoms with E-state index in [1.54, 1.807) is 11.8 Å². The van der Waals surface area contributed by atoms with Crippen LogP contribution in [0.15, 0.2) is 0 Å². The fourth-order valence-electron chi connectivity index (χ4n) is 1.96. The van der Waals surface area contributed by atoms with Crippen molar-refractivity contribution in [3.8, 4) is 0 Å². The number of halogens is 1. The van der Waals surface area contributed by atoms with E-state index >= 15 is 0 Å². The number of esters is 1. The first kappa shape index (κ1) is 14.5. The van der Waals surface area contributed by atoms with Crippen LogP contribution >= 0.6 is 15.9 Å². The summed E-state index contributed by atoms with van der Waals surface area (Å²) in [4.78, 5) is 25.3. The molecule has 5 heteroatoms. The predicted octanol–water partition coefficient (Wildman–Crippen LogP) is 1.96. The van der Waals surface area contributed by atoms with Crippen LogP contribution < -0.4 is 0 Å². The molecule has 2 atom stereocenters. The van der Waals surface area contributed by atoms with Gasteiger partial charge in [0.25, 0.3) is 0 Å². The van der Waals surface area contributed by atoms with Crippen LogP contribution in [-0.4, -0.2) is 40.8 Å². The summed E-state index contributed by atoms with van der Waals surface area (Å²) in [7, 11) is 0. The van der Waals surface area contributed by atoms with Gasteiger partial charge in [0.05, 0.1) is 11.4 Å². The van der Waals surface area contributed by atoms with E-state index in [4.69, 9.17) is 4.74 Å². The summed E-state index contributed by atoms with van der Waals surface area (Å²) >= 11 is 3.39. The number of alkyl halides is 1. The molecule has 0 saturated carbocycles. The van der Waals surface area contributed by atoms with Gasteiger partial charge in [-0.05, 0) is 25.7 Å². The van der Waals surface area contributed by atoms with Crippen molar-refractivity contribution >= 4 is 27.8 Å². The van der Waals surface area contributed by atoms with E-state index in [0.717, 1.165) is 6.42 Å². The second-order valence-corrected chi connectivity index (χ2v) is 5.57. The highest BCUT2D eigenvalue weighted by atomic mass is 79.9. The zero-order chi connectivity index (χ0) is 13.0. The summed E-state index contributed by atoms with van der Waals surface area (Å²) in [5.74, 6) is -0.0664. The molecule has 0 radical (unpaired) electrons. The highest BCUT2D eigenvalue weighted by Gasteiger charge is 2.37. The second kappa shape index (κ2) is 6.38. The number of carbonyl (C=O) groups is 2. The maximum Gasteiger partial charge on any atom is 0.328 e. The van der Waals surface area contributed by atoms with Crippen LogP contribution in [0.5, 0.6) is 0 Å². The van der Waals surface area contributed by atoms with E-state index in [2.05, 4.69) is 15.9 Å². The van der Waals surface area contributed by atoms with Gasteiger partial charge in [-0.1, -0.05) is 29.8 Å². The lowest BCUT2D eigenvalue weighted by Crippen LogP contribution is -2.45. The first-order valence-electron chi connectivity index (χ1n) is 6.10.